The highest BCUT2D eigenvalue weighted by Crippen LogP contribution is 2.21. The Labute approximate surface area is 146 Å². The number of ether oxygens (including phenoxy) is 1. The molecule has 0 saturated heterocycles. The van der Waals surface area contributed by atoms with E-state index < -0.39 is 0 Å². The first-order chi connectivity index (χ1) is 11.6. The van der Waals surface area contributed by atoms with E-state index in [-0.39, 0.29) is 11.9 Å². The standard InChI is InChI=1S/C18H19N3O2S/c1-13(15-4-6-16(7-5-15)24-10-9-23-2)21-18(22)17-8-3-14(11-19)12-20-17/h3-8,12-13H,9-10H2,1-2H3,(H,21,22). The molecule has 1 aromatic heterocycles. The highest BCUT2D eigenvalue weighted by molar-refractivity contribution is 7.99. The van der Waals surface area contributed by atoms with Gasteiger partial charge in [-0.05, 0) is 36.8 Å². The lowest BCUT2D eigenvalue weighted by atomic mass is 10.1. The van der Waals surface area contributed by atoms with Crippen LogP contribution in [0.3, 0.4) is 0 Å². The van der Waals surface area contributed by atoms with Crippen LogP contribution in [-0.2, 0) is 4.74 Å². The lowest BCUT2D eigenvalue weighted by Gasteiger charge is -2.14. The molecule has 0 fully saturated rings. The molecule has 2 aromatic rings. The van der Waals surface area contributed by atoms with Crippen molar-refractivity contribution < 1.29 is 9.53 Å². The molecule has 24 heavy (non-hydrogen) atoms. The zero-order valence-electron chi connectivity index (χ0n) is 13.7. The van der Waals surface area contributed by atoms with Gasteiger partial charge in [0.2, 0.25) is 0 Å². The molecule has 1 aromatic carbocycles. The third-order valence-corrected chi connectivity index (χ3v) is 4.39. The van der Waals surface area contributed by atoms with Crippen molar-refractivity contribution in [2.75, 3.05) is 19.5 Å². The van der Waals surface area contributed by atoms with Gasteiger partial charge in [0.25, 0.3) is 5.91 Å². The van der Waals surface area contributed by atoms with Gasteiger partial charge < -0.3 is 10.1 Å². The second-order valence-corrected chi connectivity index (χ2v) is 6.32. The second kappa shape index (κ2) is 9.06. The van der Waals surface area contributed by atoms with Crippen LogP contribution >= 0.6 is 11.8 Å². The summed E-state index contributed by atoms with van der Waals surface area (Å²) < 4.78 is 5.03. The summed E-state index contributed by atoms with van der Waals surface area (Å²) in [5.74, 6) is 0.650. The van der Waals surface area contributed by atoms with Crippen molar-refractivity contribution in [3.05, 3.63) is 59.4 Å². The maximum atomic E-state index is 12.2. The van der Waals surface area contributed by atoms with Gasteiger partial charge >= 0.3 is 0 Å². The molecule has 124 valence electrons. The normalized spacial score (nSPS) is 11.5. The van der Waals surface area contributed by atoms with Crippen molar-refractivity contribution in [2.24, 2.45) is 0 Å². The topological polar surface area (TPSA) is 75.0 Å². The fourth-order valence-corrected chi connectivity index (χ4v) is 2.86. The van der Waals surface area contributed by atoms with Gasteiger partial charge in [0.15, 0.2) is 0 Å². The molecule has 6 heteroatoms. The fraction of sp³-hybridized carbons (Fsp3) is 0.278. The van der Waals surface area contributed by atoms with Crippen LogP contribution in [0.1, 0.15) is 34.6 Å². The van der Waals surface area contributed by atoms with E-state index in [2.05, 4.69) is 10.3 Å². The minimum atomic E-state index is -0.259. The van der Waals surface area contributed by atoms with Crippen molar-refractivity contribution in [2.45, 2.75) is 17.9 Å². The average molecular weight is 341 g/mol. The maximum Gasteiger partial charge on any atom is 0.270 e. The van der Waals surface area contributed by atoms with Crippen molar-refractivity contribution in [1.82, 2.24) is 10.3 Å². The van der Waals surface area contributed by atoms with Gasteiger partial charge in [-0.3, -0.25) is 4.79 Å². The summed E-state index contributed by atoms with van der Waals surface area (Å²) >= 11 is 1.73. The van der Waals surface area contributed by atoms with E-state index in [0.29, 0.717) is 11.3 Å². The van der Waals surface area contributed by atoms with Crippen LogP contribution in [0.25, 0.3) is 0 Å². The summed E-state index contributed by atoms with van der Waals surface area (Å²) in [6.45, 7) is 2.64. The number of hydrogen-bond donors (Lipinski definition) is 1. The molecule has 1 N–H and O–H groups in total. The van der Waals surface area contributed by atoms with Crippen LogP contribution in [0.2, 0.25) is 0 Å². The zero-order valence-corrected chi connectivity index (χ0v) is 14.5. The number of hydrogen-bond acceptors (Lipinski definition) is 5. The SMILES string of the molecule is COCCSc1ccc(C(C)NC(=O)c2ccc(C#N)cn2)cc1. The summed E-state index contributed by atoms with van der Waals surface area (Å²) in [6, 6.07) is 13.1. The fourth-order valence-electron chi connectivity index (χ4n) is 2.04. The van der Waals surface area contributed by atoms with Gasteiger partial charge in [0.05, 0.1) is 18.2 Å². The lowest BCUT2D eigenvalue weighted by Crippen LogP contribution is -2.27. The number of nitrogens with one attached hydrogen (secondary N) is 1. The van der Waals surface area contributed by atoms with Gasteiger partial charge in [-0.15, -0.1) is 11.8 Å². The van der Waals surface area contributed by atoms with Crippen LogP contribution in [0, 0.1) is 11.3 Å². The molecule has 0 aliphatic rings. The smallest absolute Gasteiger partial charge is 0.270 e. The second-order valence-electron chi connectivity index (χ2n) is 5.15. The Kier molecular flexibility index (Phi) is 6.79. The molecule has 0 spiro atoms. The maximum absolute atomic E-state index is 12.2. The van der Waals surface area contributed by atoms with E-state index in [1.54, 1.807) is 31.0 Å². The Bertz CT molecular complexity index is 709. The zero-order chi connectivity index (χ0) is 17.4. The minimum absolute atomic E-state index is 0.132. The van der Waals surface area contributed by atoms with Gasteiger partial charge in [0.1, 0.15) is 11.8 Å². The summed E-state index contributed by atoms with van der Waals surface area (Å²) in [7, 11) is 1.69. The molecular weight excluding hydrogens is 322 g/mol. The first-order valence-electron chi connectivity index (χ1n) is 7.52. The third-order valence-electron chi connectivity index (χ3n) is 3.41. The predicted octanol–water partition coefficient (Wildman–Crippen LogP) is 3.18. The Hall–Kier alpha value is -2.36. The molecule has 1 heterocycles. The molecule has 0 aliphatic carbocycles. The Morgan fingerprint density at radius 1 is 1.33 bits per heavy atom. The largest absolute Gasteiger partial charge is 0.384 e. The van der Waals surface area contributed by atoms with Crippen molar-refractivity contribution in [3.8, 4) is 6.07 Å². The third kappa shape index (κ3) is 5.08. The molecule has 1 atom stereocenters. The number of nitrogens with zero attached hydrogens (tertiary/aromatic N) is 2. The molecular formula is C18H19N3O2S. The Balaban J connectivity index is 1.94. The van der Waals surface area contributed by atoms with Crippen LogP contribution < -0.4 is 5.32 Å². The monoisotopic (exact) mass is 341 g/mol. The number of amides is 1. The number of carbonyl (C=O) groups is 1. The highest BCUT2D eigenvalue weighted by atomic mass is 32.2. The van der Waals surface area contributed by atoms with E-state index in [1.807, 2.05) is 37.3 Å². The summed E-state index contributed by atoms with van der Waals surface area (Å²) in [6.07, 6.45) is 1.39. The Morgan fingerprint density at radius 2 is 2.08 bits per heavy atom. The minimum Gasteiger partial charge on any atom is -0.384 e. The number of nitriles is 1. The molecule has 5 nitrogen and oxygen atoms in total. The number of methoxy groups -OCH3 is 1. The van der Waals surface area contributed by atoms with E-state index in [1.165, 1.54) is 11.1 Å². The van der Waals surface area contributed by atoms with Gasteiger partial charge in [0, 0.05) is 24.0 Å². The average Bonchev–Trinajstić information content (AvgIpc) is 2.62. The quantitative estimate of drug-likeness (QED) is 0.618. The summed E-state index contributed by atoms with van der Waals surface area (Å²) in [4.78, 5) is 17.4. The first-order valence-corrected chi connectivity index (χ1v) is 8.51. The molecule has 0 bridgehead atoms. The van der Waals surface area contributed by atoms with Gasteiger partial charge in [-0.25, -0.2) is 4.98 Å². The molecule has 2 rings (SSSR count). The van der Waals surface area contributed by atoms with Crippen molar-refractivity contribution in [1.29, 1.82) is 5.26 Å². The Morgan fingerprint density at radius 3 is 2.67 bits per heavy atom. The molecule has 0 aliphatic heterocycles. The number of aromatic nitrogens is 1. The van der Waals surface area contributed by atoms with Crippen LogP contribution in [0.5, 0.6) is 0 Å². The summed E-state index contributed by atoms with van der Waals surface area (Å²) in [5.41, 5.74) is 1.75. The predicted molar refractivity (Wildman–Crippen MR) is 93.9 cm³/mol. The number of thioether (sulfide) groups is 1. The van der Waals surface area contributed by atoms with E-state index in [0.717, 1.165) is 17.9 Å². The molecule has 1 unspecified atom stereocenters. The van der Waals surface area contributed by atoms with Crippen molar-refractivity contribution >= 4 is 17.7 Å². The van der Waals surface area contributed by atoms with Gasteiger partial charge in [-0.1, -0.05) is 12.1 Å². The van der Waals surface area contributed by atoms with Crippen LogP contribution in [0.4, 0.5) is 0 Å². The van der Waals surface area contributed by atoms with Crippen LogP contribution in [-0.4, -0.2) is 30.4 Å². The van der Waals surface area contributed by atoms with E-state index >= 15 is 0 Å². The number of pyridine rings is 1. The number of rotatable bonds is 7. The number of benzene rings is 1. The molecule has 1 amide bonds. The van der Waals surface area contributed by atoms with E-state index in [9.17, 15) is 4.79 Å². The molecule has 0 saturated carbocycles. The summed E-state index contributed by atoms with van der Waals surface area (Å²) in [5, 5.41) is 11.7. The van der Waals surface area contributed by atoms with Crippen LogP contribution in [0.15, 0.2) is 47.5 Å². The van der Waals surface area contributed by atoms with E-state index in [4.69, 9.17) is 10.00 Å². The lowest BCUT2D eigenvalue weighted by molar-refractivity contribution is 0.0935. The van der Waals surface area contributed by atoms with Gasteiger partial charge in [-0.2, -0.15) is 5.26 Å². The first kappa shape index (κ1) is 18.0. The molecule has 0 radical (unpaired) electrons. The van der Waals surface area contributed by atoms with Crippen molar-refractivity contribution in [3.63, 3.8) is 0 Å². The number of carbonyl (C=O) groups excluding carboxylic acids is 1. The highest BCUT2D eigenvalue weighted by Gasteiger charge is 2.12.